The Kier molecular flexibility index (Phi) is 4.19. The molecule has 9 heteroatoms. The summed E-state index contributed by atoms with van der Waals surface area (Å²) in [4.78, 5) is 15.2. The first kappa shape index (κ1) is 15.0. The number of carbonyl (C=O) groups is 1. The van der Waals surface area contributed by atoms with Crippen molar-refractivity contribution in [2.75, 3.05) is 43.1 Å². The van der Waals surface area contributed by atoms with Gasteiger partial charge in [-0.15, -0.1) is 0 Å². The molecule has 1 amide bonds. The molecule has 2 rings (SSSR count). The fourth-order valence-corrected chi connectivity index (χ4v) is 4.87. The van der Waals surface area contributed by atoms with Gasteiger partial charge in [-0.25, -0.2) is 8.42 Å². The van der Waals surface area contributed by atoms with Gasteiger partial charge in [0.25, 0.3) is 0 Å². The predicted molar refractivity (Wildman–Crippen MR) is 78.7 cm³/mol. The summed E-state index contributed by atoms with van der Waals surface area (Å²) in [6.07, 6.45) is 0.513. The van der Waals surface area contributed by atoms with Crippen LogP contribution in [0.1, 0.15) is 13.3 Å². The fourth-order valence-electron chi connectivity index (χ4n) is 2.08. The monoisotopic (exact) mass is 318 g/mol. The second-order valence-corrected chi connectivity index (χ2v) is 7.56. The van der Waals surface area contributed by atoms with Gasteiger partial charge in [-0.1, -0.05) is 6.92 Å². The standard InChI is InChI=1S/C11H18N4O3S2/c1-3-6-20(17,18)9-10(12)13-19-11(9)15-5-4-14(2)8(16)7-15/h3-7H2,1-2H3,(H2,12,13). The van der Waals surface area contributed by atoms with Crippen molar-refractivity contribution in [1.82, 2.24) is 9.27 Å². The Morgan fingerprint density at radius 2 is 2.10 bits per heavy atom. The van der Waals surface area contributed by atoms with Gasteiger partial charge in [-0.05, 0) is 18.0 Å². The summed E-state index contributed by atoms with van der Waals surface area (Å²) in [5.74, 6) is 0.0245. The lowest BCUT2D eigenvalue weighted by atomic mass is 10.3. The van der Waals surface area contributed by atoms with E-state index in [1.54, 1.807) is 23.8 Å². The van der Waals surface area contributed by atoms with Gasteiger partial charge in [0.2, 0.25) is 5.91 Å². The molecular weight excluding hydrogens is 300 g/mol. The van der Waals surface area contributed by atoms with Crippen LogP contribution < -0.4 is 10.6 Å². The summed E-state index contributed by atoms with van der Waals surface area (Å²) in [5.41, 5.74) is 5.72. The Hall–Kier alpha value is -1.35. The number of nitrogen functional groups attached to an aromatic ring is 1. The smallest absolute Gasteiger partial charge is 0.241 e. The summed E-state index contributed by atoms with van der Waals surface area (Å²) in [7, 11) is -1.72. The molecule has 0 spiro atoms. The summed E-state index contributed by atoms with van der Waals surface area (Å²) in [6, 6.07) is 0. The van der Waals surface area contributed by atoms with Crippen molar-refractivity contribution in [2.45, 2.75) is 18.2 Å². The summed E-state index contributed by atoms with van der Waals surface area (Å²) < 4.78 is 28.5. The first-order valence-corrected chi connectivity index (χ1v) is 8.76. The van der Waals surface area contributed by atoms with Crippen LogP contribution in [0.15, 0.2) is 4.90 Å². The van der Waals surface area contributed by atoms with E-state index in [1.165, 1.54) is 0 Å². The van der Waals surface area contributed by atoms with Crippen LogP contribution in [0, 0.1) is 0 Å². The highest BCUT2D eigenvalue weighted by Gasteiger charge is 2.31. The highest BCUT2D eigenvalue weighted by Crippen LogP contribution is 2.36. The van der Waals surface area contributed by atoms with E-state index in [-0.39, 0.29) is 28.9 Å². The third-order valence-corrected chi connectivity index (χ3v) is 6.21. The van der Waals surface area contributed by atoms with Gasteiger partial charge in [-0.3, -0.25) is 4.79 Å². The molecule has 1 aliphatic rings. The van der Waals surface area contributed by atoms with Crippen molar-refractivity contribution in [2.24, 2.45) is 0 Å². The number of amides is 1. The number of sulfone groups is 1. The number of likely N-dealkylation sites (N-methyl/N-ethyl adjacent to an activating group) is 1. The van der Waals surface area contributed by atoms with Crippen LogP contribution in [0.4, 0.5) is 10.8 Å². The second-order valence-electron chi connectivity index (χ2n) is 4.76. The van der Waals surface area contributed by atoms with Crippen molar-refractivity contribution < 1.29 is 13.2 Å². The van der Waals surface area contributed by atoms with Gasteiger partial charge < -0.3 is 15.5 Å². The average Bonchev–Trinajstić information content (AvgIpc) is 2.75. The lowest BCUT2D eigenvalue weighted by Crippen LogP contribution is -2.48. The Morgan fingerprint density at radius 1 is 1.40 bits per heavy atom. The number of aromatic nitrogens is 1. The molecule has 20 heavy (non-hydrogen) atoms. The Bertz CT molecular complexity index is 611. The normalized spacial score (nSPS) is 16.8. The van der Waals surface area contributed by atoms with Crippen LogP contribution in [0.3, 0.4) is 0 Å². The zero-order chi connectivity index (χ0) is 14.9. The SMILES string of the molecule is CCCS(=O)(=O)c1c(N)nsc1N1CCN(C)C(=O)C1. The average molecular weight is 318 g/mol. The summed E-state index contributed by atoms with van der Waals surface area (Å²) >= 11 is 1.04. The molecule has 0 bridgehead atoms. The molecule has 1 aromatic rings. The minimum atomic E-state index is -3.45. The lowest BCUT2D eigenvalue weighted by molar-refractivity contribution is -0.129. The predicted octanol–water partition coefficient (Wildman–Crippen LogP) is 0.187. The molecule has 1 saturated heterocycles. The maximum absolute atomic E-state index is 12.3. The zero-order valence-electron chi connectivity index (χ0n) is 11.5. The van der Waals surface area contributed by atoms with E-state index in [1.807, 2.05) is 0 Å². The molecule has 0 saturated carbocycles. The molecule has 0 radical (unpaired) electrons. The third-order valence-electron chi connectivity index (χ3n) is 3.19. The Morgan fingerprint density at radius 3 is 2.70 bits per heavy atom. The van der Waals surface area contributed by atoms with Gasteiger partial charge in [0.05, 0.1) is 12.3 Å². The number of carbonyl (C=O) groups excluding carboxylic acids is 1. The van der Waals surface area contributed by atoms with Crippen molar-refractivity contribution in [1.29, 1.82) is 0 Å². The molecular formula is C11H18N4O3S2. The molecule has 0 aliphatic carbocycles. The minimum Gasteiger partial charge on any atom is -0.382 e. The van der Waals surface area contributed by atoms with Crippen molar-refractivity contribution in [3.63, 3.8) is 0 Å². The highest BCUT2D eigenvalue weighted by molar-refractivity contribution is 7.91. The van der Waals surface area contributed by atoms with Gasteiger partial charge in [-0.2, -0.15) is 4.37 Å². The van der Waals surface area contributed by atoms with Gasteiger partial charge >= 0.3 is 0 Å². The van der Waals surface area contributed by atoms with Crippen molar-refractivity contribution in [3.8, 4) is 0 Å². The number of nitrogens with zero attached hydrogens (tertiary/aromatic N) is 3. The number of anilines is 2. The third kappa shape index (κ3) is 2.73. The number of piperazine rings is 1. The summed E-state index contributed by atoms with van der Waals surface area (Å²) in [5, 5.41) is 0.484. The molecule has 1 fully saturated rings. The van der Waals surface area contributed by atoms with E-state index < -0.39 is 9.84 Å². The van der Waals surface area contributed by atoms with E-state index in [0.717, 1.165) is 11.5 Å². The van der Waals surface area contributed by atoms with Crippen LogP contribution in [0.25, 0.3) is 0 Å². The number of rotatable bonds is 4. The molecule has 0 unspecified atom stereocenters. The topological polar surface area (TPSA) is 96.6 Å². The Balaban J connectivity index is 2.37. The molecule has 2 heterocycles. The molecule has 2 N–H and O–H groups in total. The van der Waals surface area contributed by atoms with Gasteiger partial charge in [0, 0.05) is 20.1 Å². The van der Waals surface area contributed by atoms with Crippen LogP contribution in [0.2, 0.25) is 0 Å². The van der Waals surface area contributed by atoms with Crippen molar-refractivity contribution >= 4 is 38.1 Å². The number of nitrogens with two attached hydrogens (primary N) is 1. The van der Waals surface area contributed by atoms with Gasteiger partial charge in [0.15, 0.2) is 15.7 Å². The molecule has 7 nitrogen and oxygen atoms in total. The van der Waals surface area contributed by atoms with E-state index >= 15 is 0 Å². The molecule has 112 valence electrons. The minimum absolute atomic E-state index is 0.0320. The van der Waals surface area contributed by atoms with Crippen LogP contribution in [-0.2, 0) is 14.6 Å². The number of hydrogen-bond acceptors (Lipinski definition) is 7. The maximum atomic E-state index is 12.3. The first-order chi connectivity index (χ1) is 9.36. The van der Waals surface area contributed by atoms with Crippen LogP contribution in [0.5, 0.6) is 0 Å². The van der Waals surface area contributed by atoms with Crippen LogP contribution >= 0.6 is 11.5 Å². The first-order valence-electron chi connectivity index (χ1n) is 6.33. The van der Waals surface area contributed by atoms with Crippen LogP contribution in [-0.4, -0.2) is 56.0 Å². The van der Waals surface area contributed by atoms with Crippen molar-refractivity contribution in [3.05, 3.63) is 0 Å². The largest absolute Gasteiger partial charge is 0.382 e. The van der Waals surface area contributed by atoms with E-state index in [2.05, 4.69) is 4.37 Å². The fraction of sp³-hybridized carbons (Fsp3) is 0.636. The Labute approximate surface area is 122 Å². The number of hydrogen-bond donors (Lipinski definition) is 1. The van der Waals surface area contributed by atoms with E-state index in [4.69, 9.17) is 5.73 Å². The quantitative estimate of drug-likeness (QED) is 0.851. The molecule has 1 aliphatic heterocycles. The highest BCUT2D eigenvalue weighted by atomic mass is 32.2. The molecule has 0 aromatic carbocycles. The van der Waals surface area contributed by atoms with Gasteiger partial charge in [0.1, 0.15) is 9.90 Å². The summed E-state index contributed by atoms with van der Waals surface area (Å²) in [6.45, 7) is 3.10. The molecule has 1 aromatic heterocycles. The lowest BCUT2D eigenvalue weighted by Gasteiger charge is -2.32. The van der Waals surface area contributed by atoms with E-state index in [0.29, 0.717) is 24.5 Å². The maximum Gasteiger partial charge on any atom is 0.241 e. The second kappa shape index (κ2) is 5.57. The zero-order valence-corrected chi connectivity index (χ0v) is 13.1. The molecule has 0 atom stereocenters. The van der Waals surface area contributed by atoms with E-state index in [9.17, 15) is 13.2 Å².